The van der Waals surface area contributed by atoms with Crippen molar-refractivity contribution in [3.63, 3.8) is 0 Å². The molecule has 0 fully saturated rings. The van der Waals surface area contributed by atoms with Crippen LogP contribution in [0.15, 0.2) is 42.7 Å². The molecule has 1 aliphatic rings. The number of rotatable bonds is 5. The van der Waals surface area contributed by atoms with E-state index in [2.05, 4.69) is 52.5 Å². The number of hydrogen-bond acceptors (Lipinski definition) is 3. The van der Waals surface area contributed by atoms with Crippen LogP contribution >= 0.6 is 0 Å². The minimum atomic E-state index is 0.898. The zero-order valence-electron chi connectivity index (χ0n) is 12.7. The lowest BCUT2D eigenvalue weighted by molar-refractivity contribution is 0.665. The summed E-state index contributed by atoms with van der Waals surface area (Å²) < 4.78 is 0. The maximum atomic E-state index is 4.30. The Labute approximate surface area is 127 Å². The van der Waals surface area contributed by atoms with E-state index in [0.29, 0.717) is 0 Å². The Hall–Kier alpha value is -1.87. The van der Waals surface area contributed by atoms with Crippen LogP contribution in [0.5, 0.6) is 0 Å². The minimum Gasteiger partial charge on any atom is -0.367 e. The smallest absolute Gasteiger partial charge is 0.0445 e. The highest BCUT2D eigenvalue weighted by Crippen LogP contribution is 2.26. The van der Waals surface area contributed by atoms with E-state index in [1.807, 2.05) is 12.4 Å². The second kappa shape index (κ2) is 6.72. The van der Waals surface area contributed by atoms with Gasteiger partial charge in [0.05, 0.1) is 0 Å². The molecule has 1 aromatic carbocycles. The van der Waals surface area contributed by atoms with Crippen LogP contribution in [-0.4, -0.2) is 18.1 Å². The summed E-state index contributed by atoms with van der Waals surface area (Å²) in [5.41, 5.74) is 5.56. The van der Waals surface area contributed by atoms with Crippen molar-refractivity contribution >= 4 is 5.69 Å². The summed E-state index contributed by atoms with van der Waals surface area (Å²) in [7, 11) is 0. The van der Waals surface area contributed by atoms with Crippen LogP contribution < -0.4 is 10.2 Å². The van der Waals surface area contributed by atoms with Gasteiger partial charge in [-0.1, -0.05) is 31.2 Å². The summed E-state index contributed by atoms with van der Waals surface area (Å²) in [6, 6.07) is 10.9. The van der Waals surface area contributed by atoms with Crippen LogP contribution in [0, 0.1) is 0 Å². The fourth-order valence-electron chi connectivity index (χ4n) is 2.97. The third kappa shape index (κ3) is 3.24. The highest BCUT2D eigenvalue weighted by atomic mass is 15.1. The number of anilines is 1. The van der Waals surface area contributed by atoms with Crippen molar-refractivity contribution in [2.24, 2.45) is 0 Å². The molecule has 1 N–H and O–H groups in total. The molecule has 0 unspecified atom stereocenters. The van der Waals surface area contributed by atoms with E-state index in [1.165, 1.54) is 22.4 Å². The topological polar surface area (TPSA) is 28.2 Å². The Morgan fingerprint density at radius 3 is 2.90 bits per heavy atom. The Morgan fingerprint density at radius 1 is 1.19 bits per heavy atom. The summed E-state index contributed by atoms with van der Waals surface area (Å²) in [6.45, 7) is 6.23. The minimum absolute atomic E-state index is 0.898. The van der Waals surface area contributed by atoms with Gasteiger partial charge in [0.25, 0.3) is 0 Å². The molecular formula is C18H23N3. The van der Waals surface area contributed by atoms with Crippen molar-refractivity contribution in [2.45, 2.75) is 32.9 Å². The van der Waals surface area contributed by atoms with Gasteiger partial charge in [-0.05, 0) is 36.6 Å². The number of aromatic nitrogens is 1. The summed E-state index contributed by atoms with van der Waals surface area (Å²) in [4.78, 5) is 6.78. The van der Waals surface area contributed by atoms with Crippen molar-refractivity contribution in [3.05, 3.63) is 59.4 Å². The van der Waals surface area contributed by atoms with Gasteiger partial charge in [-0.25, -0.2) is 0 Å². The summed E-state index contributed by atoms with van der Waals surface area (Å²) in [6.07, 6.45) is 6.19. The van der Waals surface area contributed by atoms with Gasteiger partial charge in [0.1, 0.15) is 0 Å². The predicted molar refractivity (Wildman–Crippen MR) is 87.4 cm³/mol. The zero-order chi connectivity index (χ0) is 14.5. The van der Waals surface area contributed by atoms with Gasteiger partial charge in [0, 0.05) is 43.3 Å². The van der Waals surface area contributed by atoms with E-state index in [1.54, 1.807) is 0 Å². The highest BCUT2D eigenvalue weighted by molar-refractivity contribution is 5.54. The normalized spacial score (nSPS) is 14.0. The molecule has 1 aromatic heterocycles. The molecule has 3 nitrogen and oxygen atoms in total. The van der Waals surface area contributed by atoms with E-state index in [4.69, 9.17) is 0 Å². The number of benzene rings is 1. The molecule has 1 aliphatic heterocycles. The van der Waals surface area contributed by atoms with Crippen LogP contribution in [0.4, 0.5) is 5.69 Å². The molecule has 0 atom stereocenters. The van der Waals surface area contributed by atoms with E-state index < -0.39 is 0 Å². The van der Waals surface area contributed by atoms with Crippen LogP contribution in [0.25, 0.3) is 0 Å². The van der Waals surface area contributed by atoms with Gasteiger partial charge >= 0.3 is 0 Å². The molecular weight excluding hydrogens is 258 g/mol. The highest BCUT2D eigenvalue weighted by Gasteiger charge is 2.18. The van der Waals surface area contributed by atoms with Crippen LogP contribution in [0.2, 0.25) is 0 Å². The van der Waals surface area contributed by atoms with Crippen molar-refractivity contribution in [1.82, 2.24) is 10.3 Å². The molecule has 3 rings (SSSR count). The number of nitrogens with one attached hydrogen (secondary N) is 1. The third-order valence-corrected chi connectivity index (χ3v) is 4.09. The SMILES string of the molecule is CCCNCc1cnccc1N1CCc2ccccc2C1. The predicted octanol–water partition coefficient (Wildman–Crippen LogP) is 3.14. The molecule has 0 amide bonds. The van der Waals surface area contributed by atoms with Gasteiger partial charge in [-0.3, -0.25) is 4.98 Å². The Kier molecular flexibility index (Phi) is 4.51. The second-order valence-electron chi connectivity index (χ2n) is 5.62. The molecule has 2 heterocycles. The van der Waals surface area contributed by atoms with Gasteiger partial charge in [-0.15, -0.1) is 0 Å². The maximum Gasteiger partial charge on any atom is 0.0445 e. The number of fused-ring (bicyclic) bond motifs is 1. The molecule has 21 heavy (non-hydrogen) atoms. The summed E-state index contributed by atoms with van der Waals surface area (Å²) in [5, 5.41) is 3.48. The van der Waals surface area contributed by atoms with E-state index in [0.717, 1.165) is 39.0 Å². The summed E-state index contributed by atoms with van der Waals surface area (Å²) in [5.74, 6) is 0. The Bertz CT molecular complexity index is 595. The number of pyridine rings is 1. The Balaban J connectivity index is 1.78. The molecule has 0 spiro atoms. The van der Waals surface area contributed by atoms with E-state index >= 15 is 0 Å². The molecule has 0 aliphatic carbocycles. The lowest BCUT2D eigenvalue weighted by Crippen LogP contribution is -2.31. The molecule has 0 bridgehead atoms. The van der Waals surface area contributed by atoms with Gasteiger partial charge in [0.15, 0.2) is 0 Å². The third-order valence-electron chi connectivity index (χ3n) is 4.09. The fraction of sp³-hybridized carbons (Fsp3) is 0.389. The summed E-state index contributed by atoms with van der Waals surface area (Å²) >= 11 is 0. The monoisotopic (exact) mass is 281 g/mol. The van der Waals surface area contributed by atoms with Crippen LogP contribution in [-0.2, 0) is 19.5 Å². The lowest BCUT2D eigenvalue weighted by atomic mass is 9.99. The molecule has 3 heteroatoms. The molecule has 2 aromatic rings. The molecule has 0 radical (unpaired) electrons. The zero-order valence-corrected chi connectivity index (χ0v) is 12.7. The standard InChI is InChI=1S/C18H23N3/c1-2-9-19-12-17-13-20-10-7-18(17)21-11-8-15-5-3-4-6-16(15)14-21/h3-7,10,13,19H,2,8-9,11-12,14H2,1H3. The van der Waals surface area contributed by atoms with Crippen molar-refractivity contribution in [3.8, 4) is 0 Å². The first-order valence-corrected chi connectivity index (χ1v) is 7.84. The largest absolute Gasteiger partial charge is 0.367 e. The van der Waals surface area contributed by atoms with Crippen LogP contribution in [0.3, 0.4) is 0 Å². The quantitative estimate of drug-likeness (QED) is 0.853. The Morgan fingerprint density at radius 2 is 2.05 bits per heavy atom. The molecule has 0 saturated carbocycles. The maximum absolute atomic E-state index is 4.30. The second-order valence-corrected chi connectivity index (χ2v) is 5.62. The number of hydrogen-bond donors (Lipinski definition) is 1. The van der Waals surface area contributed by atoms with Crippen molar-refractivity contribution in [2.75, 3.05) is 18.0 Å². The molecule has 0 saturated heterocycles. The van der Waals surface area contributed by atoms with Crippen molar-refractivity contribution < 1.29 is 0 Å². The first-order valence-electron chi connectivity index (χ1n) is 7.84. The van der Waals surface area contributed by atoms with E-state index in [9.17, 15) is 0 Å². The fourth-order valence-corrected chi connectivity index (χ4v) is 2.97. The van der Waals surface area contributed by atoms with Gasteiger partial charge < -0.3 is 10.2 Å². The van der Waals surface area contributed by atoms with Crippen molar-refractivity contribution in [1.29, 1.82) is 0 Å². The van der Waals surface area contributed by atoms with E-state index in [-0.39, 0.29) is 0 Å². The van der Waals surface area contributed by atoms with Crippen LogP contribution in [0.1, 0.15) is 30.0 Å². The van der Waals surface area contributed by atoms with Gasteiger partial charge in [0.2, 0.25) is 0 Å². The first kappa shape index (κ1) is 14.1. The van der Waals surface area contributed by atoms with Gasteiger partial charge in [-0.2, -0.15) is 0 Å². The average molecular weight is 281 g/mol. The first-order chi connectivity index (χ1) is 10.4. The lowest BCUT2D eigenvalue weighted by Gasteiger charge is -2.32. The number of nitrogens with zero attached hydrogens (tertiary/aromatic N) is 2. The molecule has 110 valence electrons. The average Bonchev–Trinajstić information content (AvgIpc) is 2.55.